The van der Waals surface area contributed by atoms with Gasteiger partial charge in [0.2, 0.25) is 0 Å². The van der Waals surface area contributed by atoms with Crippen LogP contribution in [0.15, 0.2) is 36.4 Å². The molecular weight excluding hydrogens is 651 g/mol. The van der Waals surface area contributed by atoms with Crippen molar-refractivity contribution in [3.8, 4) is 0 Å². The Hall–Kier alpha value is -4.09. The van der Waals surface area contributed by atoms with Crippen LogP contribution in [-0.4, -0.2) is 52.2 Å². The molecule has 0 N–H and O–H groups in total. The van der Waals surface area contributed by atoms with Gasteiger partial charge in [-0.25, -0.2) is 4.79 Å². The van der Waals surface area contributed by atoms with Gasteiger partial charge in [-0.1, -0.05) is 5.10 Å². The van der Waals surface area contributed by atoms with E-state index in [2.05, 4.69) is 15.4 Å². The van der Waals surface area contributed by atoms with Gasteiger partial charge in [0.25, 0.3) is 5.95 Å². The van der Waals surface area contributed by atoms with Crippen molar-refractivity contribution < 1.29 is 53.8 Å². The maximum absolute atomic E-state index is 13.9. The molecule has 18 heteroatoms. The third kappa shape index (κ3) is 8.44. The number of fused-ring (bicyclic) bond motifs is 1. The molecule has 2 heterocycles. The summed E-state index contributed by atoms with van der Waals surface area (Å²) in [6, 6.07) is 1.71. The lowest BCUT2D eigenvalue weighted by molar-refractivity contribution is -0.143. The van der Waals surface area contributed by atoms with E-state index in [4.69, 9.17) is 9.47 Å². The second-order valence-corrected chi connectivity index (χ2v) is 11.2. The number of halogens is 9. The SMILES string of the molecule is COCCCn1nnc(N(Cc2cc(C(F)(F)F)cc(C(F)(F)F)c2)[C@H]2C[C@@H](C)N(C(=O)OC(C)C)c3ccc(C(F)(F)F)cc32)n1. The normalized spacial score (nSPS) is 17.2. The maximum Gasteiger partial charge on any atom is 0.416 e. The molecule has 47 heavy (non-hydrogen) atoms. The van der Waals surface area contributed by atoms with Crippen molar-refractivity contribution in [3.05, 3.63) is 64.2 Å². The summed E-state index contributed by atoms with van der Waals surface area (Å²) < 4.78 is 135. The topological polar surface area (TPSA) is 85.6 Å². The van der Waals surface area contributed by atoms with Crippen molar-refractivity contribution in [1.29, 1.82) is 0 Å². The molecule has 0 aliphatic carbocycles. The summed E-state index contributed by atoms with van der Waals surface area (Å²) in [5.41, 5.74) is -4.80. The molecule has 1 aromatic heterocycles. The Bertz CT molecular complexity index is 1520. The van der Waals surface area contributed by atoms with Gasteiger partial charge >= 0.3 is 24.6 Å². The summed E-state index contributed by atoms with van der Waals surface area (Å²) >= 11 is 0. The molecule has 0 fully saturated rings. The quantitative estimate of drug-likeness (QED) is 0.169. The van der Waals surface area contributed by atoms with Crippen LogP contribution in [0.4, 0.5) is 55.9 Å². The van der Waals surface area contributed by atoms with Crippen LogP contribution in [-0.2, 0) is 41.1 Å². The second-order valence-electron chi connectivity index (χ2n) is 11.2. The minimum atomic E-state index is -5.14. The van der Waals surface area contributed by atoms with E-state index >= 15 is 0 Å². The molecule has 2 aromatic carbocycles. The lowest BCUT2D eigenvalue weighted by Gasteiger charge is -2.43. The fourth-order valence-electron chi connectivity index (χ4n) is 5.26. The Morgan fingerprint density at radius 1 is 0.957 bits per heavy atom. The number of aromatic nitrogens is 4. The Morgan fingerprint density at radius 2 is 1.57 bits per heavy atom. The third-order valence-corrected chi connectivity index (χ3v) is 7.29. The average Bonchev–Trinajstić information content (AvgIpc) is 3.42. The zero-order chi connectivity index (χ0) is 34.9. The predicted molar refractivity (Wildman–Crippen MR) is 149 cm³/mol. The minimum absolute atomic E-state index is 0.00455. The molecule has 0 unspecified atom stereocenters. The van der Waals surface area contributed by atoms with Crippen LogP contribution in [0.25, 0.3) is 0 Å². The van der Waals surface area contributed by atoms with Gasteiger partial charge in [0.05, 0.1) is 41.1 Å². The summed E-state index contributed by atoms with van der Waals surface area (Å²) in [6.07, 6.45) is -16.3. The van der Waals surface area contributed by atoms with Gasteiger partial charge < -0.3 is 14.4 Å². The van der Waals surface area contributed by atoms with Crippen LogP contribution in [0.3, 0.4) is 0 Å². The Balaban J connectivity index is 1.91. The van der Waals surface area contributed by atoms with Crippen LogP contribution in [0.1, 0.15) is 67.5 Å². The summed E-state index contributed by atoms with van der Waals surface area (Å²) in [5, 5.41) is 12.1. The molecule has 1 amide bonds. The van der Waals surface area contributed by atoms with E-state index in [1.54, 1.807) is 20.8 Å². The monoisotopic (exact) mass is 682 g/mol. The molecule has 1 aliphatic heterocycles. The molecule has 0 radical (unpaired) electrons. The summed E-state index contributed by atoms with van der Waals surface area (Å²) in [5.74, 6) is -0.271. The highest BCUT2D eigenvalue weighted by atomic mass is 19.4. The molecular formula is C29H31F9N6O3. The maximum atomic E-state index is 13.9. The van der Waals surface area contributed by atoms with E-state index in [1.165, 1.54) is 12.0 Å². The van der Waals surface area contributed by atoms with Gasteiger partial charge in [-0.05, 0) is 86.4 Å². The van der Waals surface area contributed by atoms with Crippen molar-refractivity contribution >= 4 is 17.7 Å². The number of methoxy groups -OCH3 is 1. The zero-order valence-corrected chi connectivity index (χ0v) is 25.5. The Labute approximate surface area is 263 Å². The first kappa shape index (κ1) is 35.8. The van der Waals surface area contributed by atoms with Crippen LogP contribution in [0.2, 0.25) is 0 Å². The fourth-order valence-corrected chi connectivity index (χ4v) is 5.26. The molecule has 1 aliphatic rings. The predicted octanol–water partition coefficient (Wildman–Crippen LogP) is 7.66. The molecule has 258 valence electrons. The van der Waals surface area contributed by atoms with Gasteiger partial charge in [-0.3, -0.25) is 4.90 Å². The number of benzene rings is 2. The molecule has 0 bridgehead atoms. The number of aryl methyl sites for hydroxylation is 1. The number of anilines is 2. The molecule has 0 saturated carbocycles. The lowest BCUT2D eigenvalue weighted by Crippen LogP contribution is -2.47. The van der Waals surface area contributed by atoms with E-state index in [-0.39, 0.29) is 36.2 Å². The minimum Gasteiger partial charge on any atom is -0.446 e. The number of hydrogen-bond donors (Lipinski definition) is 0. The lowest BCUT2D eigenvalue weighted by atomic mass is 9.89. The average molecular weight is 683 g/mol. The number of carbonyl (C=O) groups is 1. The molecule has 0 spiro atoms. The number of hydrogen-bond acceptors (Lipinski definition) is 7. The fraction of sp³-hybridized carbons (Fsp3) is 0.517. The largest absolute Gasteiger partial charge is 0.446 e. The van der Waals surface area contributed by atoms with Gasteiger partial charge in [0.1, 0.15) is 0 Å². The summed E-state index contributed by atoms with van der Waals surface area (Å²) in [7, 11) is 1.46. The van der Waals surface area contributed by atoms with Crippen LogP contribution in [0.5, 0.6) is 0 Å². The van der Waals surface area contributed by atoms with Gasteiger partial charge in [0, 0.05) is 26.3 Å². The number of nitrogens with zero attached hydrogens (tertiary/aromatic N) is 6. The number of amides is 1. The van der Waals surface area contributed by atoms with Gasteiger partial charge in [-0.15, -0.1) is 5.10 Å². The first-order chi connectivity index (χ1) is 21.8. The smallest absolute Gasteiger partial charge is 0.416 e. The zero-order valence-electron chi connectivity index (χ0n) is 25.5. The van der Waals surface area contributed by atoms with Crippen LogP contribution in [0, 0.1) is 0 Å². The van der Waals surface area contributed by atoms with Gasteiger partial charge in [0.15, 0.2) is 0 Å². The molecule has 9 nitrogen and oxygen atoms in total. The number of ether oxygens (including phenoxy) is 2. The van der Waals surface area contributed by atoms with Crippen LogP contribution >= 0.6 is 0 Å². The number of rotatable bonds is 9. The summed E-state index contributed by atoms with van der Waals surface area (Å²) in [6.45, 7) is 4.52. The highest BCUT2D eigenvalue weighted by Gasteiger charge is 2.42. The van der Waals surface area contributed by atoms with Crippen molar-refractivity contribution in [3.63, 3.8) is 0 Å². The molecule has 3 aromatic rings. The number of carbonyl (C=O) groups excluding carboxylic acids is 1. The van der Waals surface area contributed by atoms with Gasteiger partial charge in [-0.2, -0.15) is 44.3 Å². The van der Waals surface area contributed by atoms with Crippen molar-refractivity contribution in [2.24, 2.45) is 0 Å². The Kier molecular flexibility index (Phi) is 10.3. The second kappa shape index (κ2) is 13.6. The third-order valence-electron chi connectivity index (χ3n) is 7.29. The summed E-state index contributed by atoms with van der Waals surface area (Å²) in [4.78, 5) is 16.6. The van der Waals surface area contributed by atoms with E-state index in [0.29, 0.717) is 25.2 Å². The van der Waals surface area contributed by atoms with E-state index in [9.17, 15) is 44.3 Å². The standard InChI is InChI=1S/C29H31F9N6O3/c1-16(2)47-26(45)44-17(3)10-24(22-14-19(27(30,31)32)6-7-23(22)44)42(25-39-41-43(40-25)8-5-9-46-4)15-18-11-20(28(33,34)35)13-21(12-18)29(36,37)38/h6-7,11-14,16-17,24H,5,8-10,15H2,1-4H3/t17-,24+/m1/s1. The highest BCUT2D eigenvalue weighted by Crippen LogP contribution is 2.45. The first-order valence-electron chi connectivity index (χ1n) is 14.3. The molecule has 0 saturated heterocycles. The van der Waals surface area contributed by atoms with Crippen molar-refractivity contribution in [2.75, 3.05) is 23.5 Å². The molecule has 2 atom stereocenters. The van der Waals surface area contributed by atoms with E-state index in [0.717, 1.165) is 27.9 Å². The number of tetrazole rings is 1. The highest BCUT2D eigenvalue weighted by molar-refractivity contribution is 5.90. The Morgan fingerprint density at radius 3 is 2.13 bits per heavy atom. The van der Waals surface area contributed by atoms with E-state index in [1.807, 2.05) is 0 Å². The first-order valence-corrected chi connectivity index (χ1v) is 14.3. The van der Waals surface area contributed by atoms with Crippen LogP contribution < -0.4 is 9.80 Å². The van der Waals surface area contributed by atoms with Crippen molar-refractivity contribution in [2.45, 2.75) is 83.4 Å². The number of alkyl halides is 9. The molecule has 4 rings (SSSR count). The van der Waals surface area contributed by atoms with Crippen molar-refractivity contribution in [1.82, 2.24) is 20.2 Å². The van der Waals surface area contributed by atoms with E-state index < -0.39 is 71.6 Å².